The Labute approximate surface area is 86.6 Å². The van der Waals surface area contributed by atoms with Gasteiger partial charge in [-0.05, 0) is 12.0 Å². The maximum absolute atomic E-state index is 11.5. The van der Waals surface area contributed by atoms with Gasteiger partial charge in [-0.2, -0.15) is 0 Å². The molecule has 0 radical (unpaired) electrons. The molecule has 0 aromatic rings. The molecule has 0 aliphatic rings. The largest absolute Gasteiger partial charge is 0.345 e. The molecule has 0 spiro atoms. The lowest BCUT2D eigenvalue weighted by Crippen LogP contribution is -2.39. The number of amides is 1. The SMILES string of the molecule is C#CCCC(=O)N(C)CC(C)(C)CN. The van der Waals surface area contributed by atoms with E-state index in [4.69, 9.17) is 12.2 Å². The molecule has 0 unspecified atom stereocenters. The Bertz CT molecular complexity index is 228. The molecule has 0 aromatic carbocycles. The fraction of sp³-hybridized carbons (Fsp3) is 0.727. The number of hydrogen-bond acceptors (Lipinski definition) is 2. The third-order valence-corrected chi connectivity index (χ3v) is 2.13. The molecule has 0 heterocycles. The number of nitrogens with zero attached hydrogens (tertiary/aromatic N) is 1. The maximum Gasteiger partial charge on any atom is 0.223 e. The maximum atomic E-state index is 11.5. The van der Waals surface area contributed by atoms with Crippen LogP contribution in [-0.2, 0) is 4.79 Å². The first-order valence-electron chi connectivity index (χ1n) is 4.80. The van der Waals surface area contributed by atoms with Crippen molar-refractivity contribution in [3.05, 3.63) is 0 Å². The summed E-state index contributed by atoms with van der Waals surface area (Å²) in [5.74, 6) is 2.55. The van der Waals surface area contributed by atoms with E-state index >= 15 is 0 Å². The van der Waals surface area contributed by atoms with Crippen molar-refractivity contribution >= 4 is 5.91 Å². The van der Waals surface area contributed by atoms with Crippen molar-refractivity contribution in [1.82, 2.24) is 4.90 Å². The van der Waals surface area contributed by atoms with Crippen molar-refractivity contribution in [2.75, 3.05) is 20.1 Å². The molecule has 3 heteroatoms. The molecule has 0 aliphatic carbocycles. The van der Waals surface area contributed by atoms with Crippen molar-refractivity contribution in [2.24, 2.45) is 11.1 Å². The molecule has 0 rings (SSSR count). The van der Waals surface area contributed by atoms with Crippen LogP contribution < -0.4 is 5.73 Å². The van der Waals surface area contributed by atoms with E-state index in [9.17, 15) is 4.79 Å². The average Bonchev–Trinajstić information content (AvgIpc) is 2.13. The van der Waals surface area contributed by atoms with E-state index < -0.39 is 0 Å². The van der Waals surface area contributed by atoms with Gasteiger partial charge >= 0.3 is 0 Å². The third kappa shape index (κ3) is 4.88. The van der Waals surface area contributed by atoms with Gasteiger partial charge in [-0.15, -0.1) is 12.3 Å². The normalized spacial score (nSPS) is 10.8. The van der Waals surface area contributed by atoms with Crippen molar-refractivity contribution in [1.29, 1.82) is 0 Å². The van der Waals surface area contributed by atoms with Crippen LogP contribution in [0.25, 0.3) is 0 Å². The number of terminal acetylenes is 1. The first-order chi connectivity index (χ1) is 6.43. The van der Waals surface area contributed by atoms with Gasteiger partial charge in [0.05, 0.1) is 0 Å². The molecule has 0 saturated heterocycles. The van der Waals surface area contributed by atoms with E-state index in [0.717, 1.165) is 0 Å². The number of carbonyl (C=O) groups is 1. The molecule has 80 valence electrons. The highest BCUT2D eigenvalue weighted by molar-refractivity contribution is 5.76. The van der Waals surface area contributed by atoms with Gasteiger partial charge in [-0.25, -0.2) is 0 Å². The summed E-state index contributed by atoms with van der Waals surface area (Å²) < 4.78 is 0. The number of carbonyl (C=O) groups excluding carboxylic acids is 1. The quantitative estimate of drug-likeness (QED) is 0.662. The average molecular weight is 196 g/mol. The highest BCUT2D eigenvalue weighted by atomic mass is 16.2. The standard InChI is InChI=1S/C11H20N2O/c1-5-6-7-10(14)13(4)9-11(2,3)8-12/h1H,6-9,12H2,2-4H3. The molecule has 0 atom stereocenters. The predicted molar refractivity (Wildman–Crippen MR) is 58.5 cm³/mol. The summed E-state index contributed by atoms with van der Waals surface area (Å²) in [4.78, 5) is 13.2. The lowest BCUT2D eigenvalue weighted by molar-refractivity contribution is -0.130. The number of hydrogen-bond donors (Lipinski definition) is 1. The molecular weight excluding hydrogens is 176 g/mol. The Morgan fingerprint density at radius 3 is 2.57 bits per heavy atom. The van der Waals surface area contributed by atoms with Crippen molar-refractivity contribution < 1.29 is 4.79 Å². The zero-order valence-electron chi connectivity index (χ0n) is 9.34. The van der Waals surface area contributed by atoms with Crippen LogP contribution in [0.3, 0.4) is 0 Å². The topological polar surface area (TPSA) is 46.3 Å². The highest BCUT2D eigenvalue weighted by Gasteiger charge is 2.20. The van der Waals surface area contributed by atoms with E-state index in [2.05, 4.69) is 5.92 Å². The molecule has 0 aromatic heterocycles. The van der Waals surface area contributed by atoms with Crippen LogP contribution in [0, 0.1) is 17.8 Å². The fourth-order valence-corrected chi connectivity index (χ4v) is 1.16. The molecule has 0 saturated carbocycles. The van der Waals surface area contributed by atoms with E-state index in [1.54, 1.807) is 11.9 Å². The molecule has 14 heavy (non-hydrogen) atoms. The second kappa shape index (κ2) is 5.66. The van der Waals surface area contributed by atoms with Crippen molar-refractivity contribution in [3.63, 3.8) is 0 Å². The van der Waals surface area contributed by atoms with Crippen LogP contribution in [-0.4, -0.2) is 30.9 Å². The van der Waals surface area contributed by atoms with Gasteiger partial charge in [0.25, 0.3) is 0 Å². The highest BCUT2D eigenvalue weighted by Crippen LogP contribution is 2.14. The number of nitrogens with two attached hydrogens (primary N) is 1. The summed E-state index contributed by atoms with van der Waals surface area (Å²) in [6.07, 6.45) is 6.02. The first-order valence-corrected chi connectivity index (χ1v) is 4.80. The molecule has 1 amide bonds. The molecule has 0 aliphatic heterocycles. The Morgan fingerprint density at radius 2 is 2.14 bits per heavy atom. The third-order valence-electron chi connectivity index (χ3n) is 2.13. The molecule has 0 fully saturated rings. The van der Waals surface area contributed by atoms with E-state index in [-0.39, 0.29) is 11.3 Å². The van der Waals surface area contributed by atoms with Crippen LogP contribution in [0.4, 0.5) is 0 Å². The van der Waals surface area contributed by atoms with E-state index in [0.29, 0.717) is 25.9 Å². The van der Waals surface area contributed by atoms with Crippen LogP contribution in [0.15, 0.2) is 0 Å². The van der Waals surface area contributed by atoms with Gasteiger partial charge in [0, 0.05) is 26.4 Å². The molecule has 2 N–H and O–H groups in total. The first kappa shape index (κ1) is 13.0. The zero-order valence-corrected chi connectivity index (χ0v) is 9.34. The molecule has 3 nitrogen and oxygen atoms in total. The minimum absolute atomic E-state index is 0.0272. The smallest absolute Gasteiger partial charge is 0.223 e. The Balaban J connectivity index is 4.02. The van der Waals surface area contributed by atoms with Gasteiger partial charge < -0.3 is 10.6 Å². The fourth-order valence-electron chi connectivity index (χ4n) is 1.16. The lowest BCUT2D eigenvalue weighted by atomic mass is 9.93. The summed E-state index contributed by atoms with van der Waals surface area (Å²) in [5.41, 5.74) is 5.56. The predicted octanol–water partition coefficient (Wildman–Crippen LogP) is 0.843. The van der Waals surface area contributed by atoms with E-state index in [1.807, 2.05) is 13.8 Å². The van der Waals surface area contributed by atoms with Gasteiger partial charge in [-0.3, -0.25) is 4.79 Å². The summed E-state index contributed by atoms with van der Waals surface area (Å²) in [7, 11) is 1.79. The summed E-state index contributed by atoms with van der Waals surface area (Å²) in [6.45, 7) is 5.32. The number of rotatable bonds is 5. The van der Waals surface area contributed by atoms with Crippen LogP contribution in [0.1, 0.15) is 26.7 Å². The van der Waals surface area contributed by atoms with Crippen LogP contribution in [0.5, 0.6) is 0 Å². The van der Waals surface area contributed by atoms with Gasteiger partial charge in [0.1, 0.15) is 0 Å². The summed E-state index contributed by atoms with van der Waals surface area (Å²) in [6, 6.07) is 0. The Kier molecular flexibility index (Phi) is 5.26. The lowest BCUT2D eigenvalue weighted by Gasteiger charge is -2.28. The van der Waals surface area contributed by atoms with Crippen LogP contribution in [0.2, 0.25) is 0 Å². The zero-order chi connectivity index (χ0) is 11.2. The Morgan fingerprint density at radius 1 is 1.57 bits per heavy atom. The monoisotopic (exact) mass is 196 g/mol. The molecular formula is C11H20N2O. The van der Waals surface area contributed by atoms with Crippen LogP contribution >= 0.6 is 0 Å². The van der Waals surface area contributed by atoms with Gasteiger partial charge in [0.15, 0.2) is 0 Å². The van der Waals surface area contributed by atoms with Crippen molar-refractivity contribution in [2.45, 2.75) is 26.7 Å². The minimum Gasteiger partial charge on any atom is -0.345 e. The minimum atomic E-state index is -0.0272. The van der Waals surface area contributed by atoms with Crippen molar-refractivity contribution in [3.8, 4) is 12.3 Å². The second-order valence-corrected chi connectivity index (χ2v) is 4.32. The summed E-state index contributed by atoms with van der Waals surface area (Å²) in [5, 5.41) is 0. The Hall–Kier alpha value is -1.01. The summed E-state index contributed by atoms with van der Waals surface area (Å²) >= 11 is 0. The second-order valence-electron chi connectivity index (χ2n) is 4.32. The van der Waals surface area contributed by atoms with Gasteiger partial charge in [0.2, 0.25) is 5.91 Å². The van der Waals surface area contributed by atoms with E-state index in [1.165, 1.54) is 0 Å². The van der Waals surface area contributed by atoms with Gasteiger partial charge in [-0.1, -0.05) is 13.8 Å². The molecule has 0 bridgehead atoms.